The van der Waals surface area contributed by atoms with Gasteiger partial charge in [0.2, 0.25) is 0 Å². The van der Waals surface area contributed by atoms with Crippen molar-refractivity contribution in [2.45, 2.75) is 77.1 Å². The van der Waals surface area contributed by atoms with Crippen molar-refractivity contribution in [3.05, 3.63) is 12.2 Å². The molecule has 0 N–H and O–H groups in total. The van der Waals surface area contributed by atoms with E-state index in [0.717, 1.165) is 25.7 Å². The molecule has 1 unspecified atom stereocenters. The van der Waals surface area contributed by atoms with Gasteiger partial charge in [-0.1, -0.05) is 44.6 Å². The predicted molar refractivity (Wildman–Crippen MR) is 82.7 cm³/mol. The number of ketones is 1. The van der Waals surface area contributed by atoms with E-state index in [4.69, 9.17) is 0 Å². The summed E-state index contributed by atoms with van der Waals surface area (Å²) in [4.78, 5) is 11.7. The fourth-order valence-electron chi connectivity index (χ4n) is 2.57. The van der Waals surface area contributed by atoms with Crippen LogP contribution in [0.25, 0.3) is 0 Å². The molecule has 18 heavy (non-hydrogen) atoms. The second-order valence-electron chi connectivity index (χ2n) is 6.93. The molecule has 0 aromatic carbocycles. The third kappa shape index (κ3) is 7.15. The lowest BCUT2D eigenvalue weighted by atomic mass is 9.84. The number of rotatable bonds is 7. The van der Waals surface area contributed by atoms with E-state index in [1.165, 1.54) is 31.7 Å². The highest BCUT2D eigenvalue weighted by atomic mass is 28.3. The SMILES string of the molecule is C[Si](C)(C)C/C=C\CCCCC1CCCCC1=O. The number of hydrogen-bond donors (Lipinski definition) is 0. The summed E-state index contributed by atoms with van der Waals surface area (Å²) in [6.07, 6.45) is 14.0. The molecule has 104 valence electrons. The minimum atomic E-state index is -0.893. The Bertz CT molecular complexity index is 275. The maximum Gasteiger partial charge on any atom is 0.135 e. The third-order valence-electron chi connectivity index (χ3n) is 3.75. The molecule has 1 atom stereocenters. The summed E-state index contributed by atoms with van der Waals surface area (Å²) < 4.78 is 0. The van der Waals surface area contributed by atoms with Crippen LogP contribution < -0.4 is 0 Å². The molecule has 2 heteroatoms. The van der Waals surface area contributed by atoms with E-state index in [9.17, 15) is 4.79 Å². The van der Waals surface area contributed by atoms with E-state index >= 15 is 0 Å². The van der Waals surface area contributed by atoms with Crippen LogP contribution >= 0.6 is 0 Å². The number of Topliss-reactive ketones (excluding diaryl/α,β-unsaturated/α-hetero) is 1. The predicted octanol–water partition coefficient (Wildman–Crippen LogP) is 5.20. The zero-order chi connectivity index (χ0) is 13.4. The summed E-state index contributed by atoms with van der Waals surface area (Å²) in [5, 5.41) is 0. The van der Waals surface area contributed by atoms with E-state index in [1.807, 2.05) is 0 Å². The Hall–Kier alpha value is -0.373. The zero-order valence-corrected chi connectivity index (χ0v) is 13.5. The van der Waals surface area contributed by atoms with Crippen LogP contribution in [-0.4, -0.2) is 13.9 Å². The van der Waals surface area contributed by atoms with Gasteiger partial charge in [0.1, 0.15) is 5.78 Å². The van der Waals surface area contributed by atoms with Crippen LogP contribution in [0, 0.1) is 5.92 Å². The summed E-state index contributed by atoms with van der Waals surface area (Å²) in [6.45, 7) is 7.23. The van der Waals surface area contributed by atoms with Gasteiger partial charge in [0.05, 0.1) is 0 Å². The van der Waals surface area contributed by atoms with Crippen LogP contribution in [0.4, 0.5) is 0 Å². The van der Waals surface area contributed by atoms with Crippen molar-refractivity contribution in [3.8, 4) is 0 Å². The fraction of sp³-hybridized carbons (Fsp3) is 0.812. The standard InChI is InChI=1S/C16H30OSi/c1-18(2,3)14-10-6-4-5-7-11-15-12-8-9-13-16(15)17/h6,10,15H,4-5,7-9,11-14H2,1-3H3/b10-6-. The van der Waals surface area contributed by atoms with Gasteiger partial charge in [-0.05, 0) is 38.1 Å². The summed E-state index contributed by atoms with van der Waals surface area (Å²) >= 11 is 0. The average molecular weight is 267 g/mol. The van der Waals surface area contributed by atoms with Gasteiger partial charge in [-0.25, -0.2) is 0 Å². The molecule has 0 bridgehead atoms. The largest absolute Gasteiger partial charge is 0.299 e. The van der Waals surface area contributed by atoms with E-state index < -0.39 is 8.07 Å². The number of carbonyl (C=O) groups is 1. The summed E-state index contributed by atoms with van der Waals surface area (Å²) in [5.74, 6) is 0.945. The molecule has 0 heterocycles. The summed E-state index contributed by atoms with van der Waals surface area (Å²) in [5.41, 5.74) is 0. The molecule has 1 saturated carbocycles. The first-order valence-corrected chi connectivity index (χ1v) is 11.4. The Morgan fingerprint density at radius 3 is 2.61 bits per heavy atom. The molecule has 0 radical (unpaired) electrons. The highest BCUT2D eigenvalue weighted by Gasteiger charge is 2.20. The first-order valence-electron chi connectivity index (χ1n) is 7.67. The highest BCUT2D eigenvalue weighted by molar-refractivity contribution is 6.76. The van der Waals surface area contributed by atoms with Crippen molar-refractivity contribution >= 4 is 13.9 Å². The molecule has 0 amide bonds. The molecule has 0 aromatic heterocycles. The van der Waals surface area contributed by atoms with Crippen molar-refractivity contribution in [1.82, 2.24) is 0 Å². The van der Waals surface area contributed by atoms with E-state index in [2.05, 4.69) is 31.8 Å². The van der Waals surface area contributed by atoms with E-state index in [1.54, 1.807) is 0 Å². The van der Waals surface area contributed by atoms with Gasteiger partial charge in [-0.2, -0.15) is 0 Å². The second-order valence-corrected chi connectivity index (χ2v) is 12.5. The molecular weight excluding hydrogens is 236 g/mol. The molecule has 1 aliphatic carbocycles. The second kappa shape index (κ2) is 7.93. The van der Waals surface area contributed by atoms with Gasteiger partial charge >= 0.3 is 0 Å². The van der Waals surface area contributed by atoms with Crippen molar-refractivity contribution in [1.29, 1.82) is 0 Å². The Balaban J connectivity index is 2.03. The van der Waals surface area contributed by atoms with Gasteiger partial charge in [-0.15, -0.1) is 0 Å². The van der Waals surface area contributed by atoms with Crippen LogP contribution in [0.1, 0.15) is 51.4 Å². The van der Waals surface area contributed by atoms with Gasteiger partial charge in [0.25, 0.3) is 0 Å². The maximum atomic E-state index is 11.7. The third-order valence-corrected chi connectivity index (χ3v) is 5.21. The lowest BCUT2D eigenvalue weighted by Gasteiger charge is -2.19. The highest BCUT2D eigenvalue weighted by Crippen LogP contribution is 2.25. The number of allylic oxidation sites excluding steroid dienone is 2. The fourth-order valence-corrected chi connectivity index (χ4v) is 3.44. The molecule has 0 saturated heterocycles. The minimum Gasteiger partial charge on any atom is -0.299 e. The van der Waals surface area contributed by atoms with Crippen molar-refractivity contribution < 1.29 is 4.79 Å². The maximum absolute atomic E-state index is 11.7. The Kier molecular flexibility index (Phi) is 6.91. The molecule has 0 aromatic rings. The van der Waals surface area contributed by atoms with Crippen LogP contribution in [0.15, 0.2) is 12.2 Å². The minimum absolute atomic E-state index is 0.407. The first-order chi connectivity index (χ1) is 8.49. The monoisotopic (exact) mass is 266 g/mol. The lowest BCUT2D eigenvalue weighted by molar-refractivity contribution is -0.124. The number of unbranched alkanes of at least 4 members (excludes halogenated alkanes) is 2. The summed E-state index contributed by atoms with van der Waals surface area (Å²) in [6, 6.07) is 1.30. The van der Waals surface area contributed by atoms with Crippen LogP contribution in [-0.2, 0) is 4.79 Å². The molecule has 1 rings (SSSR count). The van der Waals surface area contributed by atoms with Gasteiger partial charge in [0.15, 0.2) is 0 Å². The zero-order valence-electron chi connectivity index (χ0n) is 12.5. The molecular formula is C16H30OSi. The summed E-state index contributed by atoms with van der Waals surface area (Å²) in [7, 11) is -0.893. The van der Waals surface area contributed by atoms with E-state index in [-0.39, 0.29) is 0 Å². The van der Waals surface area contributed by atoms with Crippen molar-refractivity contribution in [2.75, 3.05) is 0 Å². The van der Waals surface area contributed by atoms with Crippen LogP contribution in [0.3, 0.4) is 0 Å². The lowest BCUT2D eigenvalue weighted by Crippen LogP contribution is -2.18. The number of carbonyl (C=O) groups excluding carboxylic acids is 1. The average Bonchev–Trinajstić information content (AvgIpc) is 2.28. The van der Waals surface area contributed by atoms with Crippen molar-refractivity contribution in [3.63, 3.8) is 0 Å². The topological polar surface area (TPSA) is 17.1 Å². The molecule has 1 nitrogen and oxygen atoms in total. The molecule has 1 fully saturated rings. The van der Waals surface area contributed by atoms with E-state index in [0.29, 0.717) is 11.7 Å². The van der Waals surface area contributed by atoms with Gasteiger partial charge in [0, 0.05) is 20.4 Å². The Morgan fingerprint density at radius 1 is 1.17 bits per heavy atom. The Morgan fingerprint density at radius 2 is 1.94 bits per heavy atom. The van der Waals surface area contributed by atoms with Gasteiger partial charge in [-0.3, -0.25) is 4.79 Å². The van der Waals surface area contributed by atoms with Crippen molar-refractivity contribution in [2.24, 2.45) is 5.92 Å². The Labute approximate surface area is 114 Å². The van der Waals surface area contributed by atoms with Crippen LogP contribution in [0.5, 0.6) is 0 Å². The quantitative estimate of drug-likeness (QED) is 0.351. The molecule has 0 spiro atoms. The normalized spacial score (nSPS) is 21.7. The molecule has 0 aliphatic heterocycles. The van der Waals surface area contributed by atoms with Gasteiger partial charge < -0.3 is 0 Å². The first kappa shape index (κ1) is 15.7. The smallest absolute Gasteiger partial charge is 0.135 e. The van der Waals surface area contributed by atoms with Crippen LogP contribution in [0.2, 0.25) is 25.7 Å². The number of hydrogen-bond acceptors (Lipinski definition) is 1. The molecule has 1 aliphatic rings.